The zero-order chi connectivity index (χ0) is 33.8. The first-order valence-electron chi connectivity index (χ1n) is 14.2. The van der Waals surface area contributed by atoms with Crippen molar-refractivity contribution in [1.82, 2.24) is 0 Å². The van der Waals surface area contributed by atoms with Gasteiger partial charge in [-0.3, -0.25) is 24.0 Å². The van der Waals surface area contributed by atoms with Crippen LogP contribution in [0.15, 0.2) is 84.9 Å². The van der Waals surface area contributed by atoms with Gasteiger partial charge in [0.15, 0.2) is 5.76 Å². The second-order valence-electron chi connectivity index (χ2n) is 10.1. The molecule has 47 heavy (non-hydrogen) atoms. The van der Waals surface area contributed by atoms with Crippen LogP contribution in [0.2, 0.25) is 0 Å². The van der Waals surface area contributed by atoms with E-state index in [0.717, 1.165) is 0 Å². The average Bonchev–Trinajstić information content (AvgIpc) is 3.00. The van der Waals surface area contributed by atoms with Crippen molar-refractivity contribution in [2.75, 3.05) is 0 Å². The molecule has 0 fully saturated rings. The van der Waals surface area contributed by atoms with E-state index >= 15 is 0 Å². The fourth-order valence-electron chi connectivity index (χ4n) is 5.11. The molecule has 1 aliphatic carbocycles. The fraction of sp³-hybridized carbons (Fsp3) is 0.111. The van der Waals surface area contributed by atoms with Gasteiger partial charge in [-0.05, 0) is 36.4 Å². The summed E-state index contributed by atoms with van der Waals surface area (Å²) >= 11 is 0. The van der Waals surface area contributed by atoms with Crippen LogP contribution in [-0.4, -0.2) is 35.6 Å². The Morgan fingerprint density at radius 2 is 0.851 bits per heavy atom. The van der Waals surface area contributed by atoms with E-state index < -0.39 is 35.6 Å². The van der Waals surface area contributed by atoms with E-state index in [1.54, 1.807) is 48.5 Å². The fourth-order valence-corrected chi connectivity index (χ4v) is 5.11. The zero-order valence-corrected chi connectivity index (χ0v) is 25.6. The number of benzene rings is 4. The topological polar surface area (TPSA) is 149 Å². The molecular weight excluding hydrogens is 608 g/mol. The minimum Gasteiger partial charge on any atom is -0.426 e. The molecule has 0 N–H and O–H groups in total. The molecule has 4 aromatic carbocycles. The molecule has 4 aromatic rings. The molecule has 0 atom stereocenters. The Hall–Kier alpha value is -6.36. The van der Waals surface area contributed by atoms with Crippen molar-refractivity contribution in [2.24, 2.45) is 0 Å². The van der Waals surface area contributed by atoms with Gasteiger partial charge in [0.1, 0.15) is 28.6 Å². The van der Waals surface area contributed by atoms with E-state index in [-0.39, 0.29) is 67.7 Å². The van der Waals surface area contributed by atoms with Crippen LogP contribution >= 0.6 is 0 Å². The number of fused-ring (bicyclic) bond motifs is 2. The summed E-state index contributed by atoms with van der Waals surface area (Å²) in [5, 5.41) is 0. The Labute approximate surface area is 268 Å². The Morgan fingerprint density at radius 3 is 1.32 bits per heavy atom. The lowest BCUT2D eigenvalue weighted by Crippen LogP contribution is -2.21. The standard InChI is InChI=1S/C36H26O11/c1-19(37)43-27-15-7-5-11-23(27)35(47-36(42)24-12-6-8-16-28(24)44-20(2)38)31-25-13-9-17-29(45-21(3)39)32(25)34(41)33-26(31)14-10-18-30(33)46-22(4)40/h5-18H,1-4H3. The molecule has 0 heterocycles. The van der Waals surface area contributed by atoms with Crippen LogP contribution in [0.4, 0.5) is 0 Å². The van der Waals surface area contributed by atoms with Gasteiger partial charge in [0.25, 0.3) is 0 Å². The molecule has 236 valence electrons. The highest BCUT2D eigenvalue weighted by atomic mass is 16.6. The summed E-state index contributed by atoms with van der Waals surface area (Å²) in [7, 11) is 0. The van der Waals surface area contributed by atoms with Crippen molar-refractivity contribution in [3.8, 4) is 23.0 Å². The van der Waals surface area contributed by atoms with Gasteiger partial charge in [0.2, 0.25) is 5.78 Å². The molecule has 11 heteroatoms. The first-order chi connectivity index (χ1) is 22.5. The number of hydrogen-bond acceptors (Lipinski definition) is 11. The van der Waals surface area contributed by atoms with Crippen molar-refractivity contribution in [1.29, 1.82) is 0 Å². The highest BCUT2D eigenvalue weighted by Gasteiger charge is 2.37. The monoisotopic (exact) mass is 634 g/mol. The minimum absolute atomic E-state index is 0.0100. The van der Waals surface area contributed by atoms with E-state index in [0.29, 0.717) is 0 Å². The average molecular weight is 635 g/mol. The number of para-hydroxylation sites is 2. The lowest BCUT2D eigenvalue weighted by Gasteiger charge is -2.27. The van der Waals surface area contributed by atoms with Crippen LogP contribution in [-0.2, 0) is 23.9 Å². The Kier molecular flexibility index (Phi) is 9.09. The molecular formula is C36H26O11. The van der Waals surface area contributed by atoms with Crippen molar-refractivity contribution >= 4 is 47.0 Å². The van der Waals surface area contributed by atoms with Gasteiger partial charge in [-0.25, -0.2) is 4.79 Å². The molecule has 0 radical (unpaired) electrons. The molecule has 0 saturated carbocycles. The second kappa shape index (κ2) is 13.3. The van der Waals surface area contributed by atoms with Gasteiger partial charge in [0, 0.05) is 44.4 Å². The number of hydrogen-bond donors (Lipinski definition) is 0. The first kappa shape index (κ1) is 32.0. The summed E-state index contributed by atoms with van der Waals surface area (Å²) in [5.74, 6) is -4.78. The minimum atomic E-state index is -0.964. The number of ether oxygens (including phenoxy) is 5. The van der Waals surface area contributed by atoms with Gasteiger partial charge in [-0.2, -0.15) is 0 Å². The van der Waals surface area contributed by atoms with E-state index in [2.05, 4.69) is 0 Å². The maximum absolute atomic E-state index is 14.2. The normalized spacial score (nSPS) is 11.4. The predicted molar refractivity (Wildman–Crippen MR) is 166 cm³/mol. The van der Waals surface area contributed by atoms with E-state index in [1.165, 1.54) is 64.1 Å². The van der Waals surface area contributed by atoms with E-state index in [4.69, 9.17) is 23.7 Å². The number of rotatable bonds is 7. The SMILES string of the molecule is CC(=O)Oc1ccccc1C(=O)OC(=C1c2cccc(OC(C)=O)c2C(=O)c2c(OC(C)=O)cccc21)c1ccccc1OC(C)=O. The third-order valence-corrected chi connectivity index (χ3v) is 6.72. The smallest absolute Gasteiger partial charge is 0.347 e. The third kappa shape index (κ3) is 6.69. The van der Waals surface area contributed by atoms with Gasteiger partial charge in [-0.1, -0.05) is 48.5 Å². The second-order valence-corrected chi connectivity index (χ2v) is 10.1. The third-order valence-electron chi connectivity index (χ3n) is 6.72. The molecule has 0 bridgehead atoms. The van der Waals surface area contributed by atoms with Crippen molar-refractivity contribution in [2.45, 2.75) is 27.7 Å². The maximum atomic E-state index is 14.2. The molecule has 1 aliphatic rings. The Balaban J connectivity index is 1.90. The Bertz CT molecular complexity index is 1950. The van der Waals surface area contributed by atoms with Crippen molar-refractivity contribution in [3.05, 3.63) is 118 Å². The number of ketones is 1. The summed E-state index contributed by atoms with van der Waals surface area (Å²) in [5.41, 5.74) is 0.367. The lowest BCUT2D eigenvalue weighted by atomic mass is 9.79. The number of carbonyl (C=O) groups excluding carboxylic acids is 6. The molecule has 0 unspecified atom stereocenters. The summed E-state index contributed by atoms with van der Waals surface area (Å²) in [4.78, 5) is 76.3. The maximum Gasteiger partial charge on any atom is 0.347 e. The van der Waals surface area contributed by atoms with Gasteiger partial charge >= 0.3 is 29.8 Å². The molecule has 0 spiro atoms. The molecule has 11 nitrogen and oxygen atoms in total. The molecule has 0 amide bonds. The molecule has 0 aliphatic heterocycles. The van der Waals surface area contributed by atoms with Crippen LogP contribution in [0.1, 0.15) is 70.7 Å². The van der Waals surface area contributed by atoms with E-state index in [9.17, 15) is 28.8 Å². The highest BCUT2D eigenvalue weighted by Crippen LogP contribution is 2.47. The Morgan fingerprint density at radius 1 is 0.468 bits per heavy atom. The van der Waals surface area contributed by atoms with Crippen molar-refractivity contribution < 1.29 is 52.5 Å². The van der Waals surface area contributed by atoms with Gasteiger partial charge in [-0.15, -0.1) is 0 Å². The lowest BCUT2D eigenvalue weighted by molar-refractivity contribution is -0.132. The van der Waals surface area contributed by atoms with Gasteiger partial charge < -0.3 is 23.7 Å². The number of carbonyl (C=O) groups is 6. The molecule has 0 aromatic heterocycles. The quantitative estimate of drug-likeness (QED) is 0.123. The predicted octanol–water partition coefficient (Wildman–Crippen LogP) is 5.71. The van der Waals surface area contributed by atoms with E-state index in [1.807, 2.05) is 0 Å². The van der Waals surface area contributed by atoms with Crippen molar-refractivity contribution in [3.63, 3.8) is 0 Å². The van der Waals surface area contributed by atoms with Crippen LogP contribution in [0.5, 0.6) is 23.0 Å². The first-order valence-corrected chi connectivity index (χ1v) is 14.2. The van der Waals surface area contributed by atoms with Crippen LogP contribution in [0.3, 0.4) is 0 Å². The largest absolute Gasteiger partial charge is 0.426 e. The number of esters is 5. The van der Waals surface area contributed by atoms with Crippen LogP contribution < -0.4 is 18.9 Å². The summed E-state index contributed by atoms with van der Waals surface area (Å²) in [6.07, 6.45) is 0. The molecule has 0 saturated heterocycles. The summed E-state index contributed by atoms with van der Waals surface area (Å²) < 4.78 is 27.7. The van der Waals surface area contributed by atoms with Crippen LogP contribution in [0.25, 0.3) is 11.3 Å². The van der Waals surface area contributed by atoms with Gasteiger partial charge in [0.05, 0.1) is 16.7 Å². The summed E-state index contributed by atoms with van der Waals surface area (Å²) in [6, 6.07) is 21.2. The summed E-state index contributed by atoms with van der Waals surface area (Å²) in [6.45, 7) is 4.72. The zero-order valence-electron chi connectivity index (χ0n) is 25.6. The van der Waals surface area contributed by atoms with Crippen LogP contribution in [0, 0.1) is 0 Å². The molecule has 5 rings (SSSR count). The highest BCUT2D eigenvalue weighted by molar-refractivity contribution is 6.24.